The molecule has 1 saturated heterocycles. The van der Waals surface area contributed by atoms with Gasteiger partial charge in [0.1, 0.15) is 25.3 Å². The Balaban J connectivity index is 1.55. The second-order valence-corrected chi connectivity index (χ2v) is 5.75. The molecule has 128 valence electrons. The number of piperazine rings is 1. The molecule has 3 rings (SSSR count). The van der Waals surface area contributed by atoms with Crippen molar-refractivity contribution in [3.63, 3.8) is 0 Å². The predicted molar refractivity (Wildman–Crippen MR) is 89.3 cm³/mol. The normalized spacial score (nSPS) is 14.4. The van der Waals surface area contributed by atoms with E-state index in [9.17, 15) is 14.9 Å². The van der Waals surface area contributed by atoms with Crippen molar-refractivity contribution in [2.45, 2.75) is 19.4 Å². The van der Waals surface area contributed by atoms with E-state index >= 15 is 0 Å². The summed E-state index contributed by atoms with van der Waals surface area (Å²) in [7, 11) is 0. The van der Waals surface area contributed by atoms with Crippen molar-refractivity contribution in [2.24, 2.45) is 0 Å². The summed E-state index contributed by atoms with van der Waals surface area (Å²) in [5.41, 5.74) is 1.07. The van der Waals surface area contributed by atoms with Crippen molar-refractivity contribution in [3.05, 3.63) is 42.5 Å². The number of anilines is 1. The van der Waals surface area contributed by atoms with Gasteiger partial charge in [0, 0.05) is 26.1 Å². The van der Waals surface area contributed by atoms with Gasteiger partial charge in [0.2, 0.25) is 11.8 Å². The third-order valence-corrected chi connectivity index (χ3v) is 4.13. The molecule has 0 unspecified atom stereocenters. The summed E-state index contributed by atoms with van der Waals surface area (Å²) in [6, 6.07) is 9.10. The van der Waals surface area contributed by atoms with Gasteiger partial charge in [0.15, 0.2) is 0 Å². The van der Waals surface area contributed by atoms with Crippen LogP contribution in [0.25, 0.3) is 0 Å². The Hall–Kier alpha value is -3.21. The predicted octanol–water partition coefficient (Wildman–Crippen LogP) is 0.805. The lowest BCUT2D eigenvalue weighted by molar-refractivity contribution is -0.137. The summed E-state index contributed by atoms with van der Waals surface area (Å²) >= 11 is 0. The summed E-state index contributed by atoms with van der Waals surface area (Å²) < 4.78 is 1.68. The topological polar surface area (TPSA) is 95.1 Å². The molecule has 0 saturated carbocycles. The third kappa shape index (κ3) is 3.83. The number of carbonyl (C=O) groups is 2. The molecule has 0 radical (unpaired) electrons. The molecule has 1 aromatic carbocycles. The fourth-order valence-electron chi connectivity index (χ4n) is 2.84. The molecule has 1 aliphatic rings. The van der Waals surface area contributed by atoms with Crippen molar-refractivity contribution in [3.8, 4) is 6.07 Å². The third-order valence-electron chi connectivity index (χ3n) is 4.13. The molecule has 8 heteroatoms. The van der Waals surface area contributed by atoms with Gasteiger partial charge < -0.3 is 9.80 Å². The summed E-state index contributed by atoms with van der Waals surface area (Å²) in [4.78, 5) is 31.7. The summed E-state index contributed by atoms with van der Waals surface area (Å²) in [5, 5.41) is 13.2. The van der Waals surface area contributed by atoms with Crippen LogP contribution in [0.3, 0.4) is 0 Å². The van der Waals surface area contributed by atoms with Crippen LogP contribution in [-0.4, -0.2) is 51.1 Å². The Bertz CT molecular complexity index is 796. The summed E-state index contributed by atoms with van der Waals surface area (Å²) in [5.74, 6) is -0.208. The number of nitrogens with zero attached hydrogens (tertiary/aromatic N) is 6. The minimum atomic E-state index is -0.168. The molecule has 2 amide bonds. The van der Waals surface area contributed by atoms with Crippen molar-refractivity contribution in [1.29, 1.82) is 5.26 Å². The van der Waals surface area contributed by atoms with Gasteiger partial charge in [0.25, 0.3) is 0 Å². The number of aromatic nitrogens is 3. The van der Waals surface area contributed by atoms with Gasteiger partial charge in [0.05, 0.1) is 11.3 Å². The second kappa shape index (κ2) is 7.57. The van der Waals surface area contributed by atoms with E-state index in [1.54, 1.807) is 45.1 Å². The number of benzene rings is 1. The molecule has 0 spiro atoms. The number of para-hydroxylation sites is 1. The molecule has 2 aromatic rings. The zero-order valence-electron chi connectivity index (χ0n) is 13.7. The molecule has 0 bridgehead atoms. The van der Waals surface area contributed by atoms with Gasteiger partial charge >= 0.3 is 0 Å². The highest BCUT2D eigenvalue weighted by atomic mass is 16.2. The zero-order chi connectivity index (χ0) is 17.6. The molecule has 2 heterocycles. The van der Waals surface area contributed by atoms with E-state index < -0.39 is 0 Å². The molecule has 1 fully saturated rings. The van der Waals surface area contributed by atoms with Crippen LogP contribution in [-0.2, 0) is 16.1 Å². The molecule has 0 N–H and O–H groups in total. The Morgan fingerprint density at radius 2 is 2.12 bits per heavy atom. The van der Waals surface area contributed by atoms with Crippen molar-refractivity contribution in [2.75, 3.05) is 24.5 Å². The first-order valence-electron chi connectivity index (χ1n) is 8.08. The van der Waals surface area contributed by atoms with Crippen LogP contribution in [0, 0.1) is 11.3 Å². The van der Waals surface area contributed by atoms with Gasteiger partial charge in [-0.1, -0.05) is 12.1 Å². The lowest BCUT2D eigenvalue weighted by Gasteiger charge is -2.34. The van der Waals surface area contributed by atoms with Crippen LogP contribution in [0.4, 0.5) is 5.69 Å². The molecule has 1 aromatic heterocycles. The minimum Gasteiger partial charge on any atom is -0.332 e. The Labute approximate surface area is 145 Å². The van der Waals surface area contributed by atoms with Crippen LogP contribution in [0.2, 0.25) is 0 Å². The maximum Gasteiger partial charge on any atom is 0.246 e. The van der Waals surface area contributed by atoms with E-state index in [0.29, 0.717) is 43.7 Å². The standard InChI is InChI=1S/C17H18N6O2/c18-10-14-4-1-2-5-15(14)23-9-8-21(11-17(23)25)16(24)6-3-7-22-13-19-12-20-22/h1-2,4-5,12-13H,3,6-9,11H2. The van der Waals surface area contributed by atoms with Crippen molar-refractivity contribution in [1.82, 2.24) is 19.7 Å². The maximum absolute atomic E-state index is 12.4. The average Bonchev–Trinajstić information content (AvgIpc) is 3.15. The smallest absolute Gasteiger partial charge is 0.246 e. The number of nitriles is 1. The summed E-state index contributed by atoms with van der Waals surface area (Å²) in [6.07, 6.45) is 4.08. The molecule has 8 nitrogen and oxygen atoms in total. The fraction of sp³-hybridized carbons (Fsp3) is 0.353. The highest BCUT2D eigenvalue weighted by Gasteiger charge is 2.28. The molecular weight excluding hydrogens is 320 g/mol. The molecule has 1 aliphatic heterocycles. The first-order valence-corrected chi connectivity index (χ1v) is 8.08. The monoisotopic (exact) mass is 338 g/mol. The lowest BCUT2D eigenvalue weighted by atomic mass is 10.1. The van der Waals surface area contributed by atoms with Gasteiger partial charge in [-0.2, -0.15) is 10.4 Å². The molecule has 0 atom stereocenters. The molecule has 25 heavy (non-hydrogen) atoms. The number of aryl methyl sites for hydroxylation is 1. The van der Waals surface area contributed by atoms with Gasteiger partial charge in [-0.05, 0) is 18.6 Å². The van der Waals surface area contributed by atoms with E-state index in [1.807, 2.05) is 0 Å². The van der Waals surface area contributed by atoms with Gasteiger partial charge in [-0.25, -0.2) is 4.98 Å². The minimum absolute atomic E-state index is 0.0401. The molecule has 0 aliphatic carbocycles. The largest absolute Gasteiger partial charge is 0.332 e. The first kappa shape index (κ1) is 16.6. The maximum atomic E-state index is 12.4. The van der Waals surface area contributed by atoms with E-state index in [2.05, 4.69) is 16.2 Å². The van der Waals surface area contributed by atoms with Crippen molar-refractivity contribution >= 4 is 17.5 Å². The Morgan fingerprint density at radius 1 is 1.28 bits per heavy atom. The van der Waals surface area contributed by atoms with Gasteiger partial charge in [-0.15, -0.1) is 0 Å². The zero-order valence-corrected chi connectivity index (χ0v) is 13.7. The van der Waals surface area contributed by atoms with E-state index in [1.165, 1.54) is 6.33 Å². The van der Waals surface area contributed by atoms with E-state index in [0.717, 1.165) is 0 Å². The number of amides is 2. The average molecular weight is 338 g/mol. The highest BCUT2D eigenvalue weighted by molar-refractivity contribution is 5.98. The van der Waals surface area contributed by atoms with Crippen LogP contribution in [0.5, 0.6) is 0 Å². The number of hydrogen-bond donors (Lipinski definition) is 0. The van der Waals surface area contributed by atoms with Crippen LogP contribution in [0.15, 0.2) is 36.9 Å². The Kier molecular flexibility index (Phi) is 5.04. The lowest BCUT2D eigenvalue weighted by Crippen LogP contribution is -2.52. The SMILES string of the molecule is N#Cc1ccccc1N1CCN(C(=O)CCCn2cncn2)CC1=O. The van der Waals surface area contributed by atoms with Crippen LogP contribution >= 0.6 is 0 Å². The Morgan fingerprint density at radius 3 is 2.84 bits per heavy atom. The molecular formula is C17H18N6O2. The van der Waals surface area contributed by atoms with Crippen LogP contribution < -0.4 is 4.90 Å². The highest BCUT2D eigenvalue weighted by Crippen LogP contribution is 2.22. The number of hydrogen-bond acceptors (Lipinski definition) is 5. The summed E-state index contributed by atoms with van der Waals surface area (Å²) in [6.45, 7) is 1.52. The number of rotatable bonds is 5. The van der Waals surface area contributed by atoms with Gasteiger partial charge in [-0.3, -0.25) is 14.3 Å². The second-order valence-electron chi connectivity index (χ2n) is 5.75. The van der Waals surface area contributed by atoms with Crippen molar-refractivity contribution < 1.29 is 9.59 Å². The number of carbonyl (C=O) groups excluding carboxylic acids is 2. The quantitative estimate of drug-likeness (QED) is 0.804. The van der Waals surface area contributed by atoms with Crippen LogP contribution in [0.1, 0.15) is 18.4 Å². The van der Waals surface area contributed by atoms with E-state index in [4.69, 9.17) is 0 Å². The first-order chi connectivity index (χ1) is 12.2. The fourth-order valence-corrected chi connectivity index (χ4v) is 2.84. The van der Waals surface area contributed by atoms with E-state index in [-0.39, 0.29) is 18.4 Å².